The number of ether oxygens (including phenoxy) is 1. The van der Waals surface area contributed by atoms with E-state index in [1.165, 1.54) is 42.5 Å². The van der Waals surface area contributed by atoms with Crippen molar-refractivity contribution in [3.05, 3.63) is 53.1 Å². The van der Waals surface area contributed by atoms with Crippen molar-refractivity contribution < 1.29 is 27.5 Å². The van der Waals surface area contributed by atoms with Crippen molar-refractivity contribution in [3.63, 3.8) is 0 Å². The average Bonchev–Trinajstić information content (AvgIpc) is 2.73. The number of benzene rings is 2. The Morgan fingerprint density at radius 2 is 1.76 bits per heavy atom. The number of rotatable bonds is 8. The zero-order valence-electron chi connectivity index (χ0n) is 18.6. The van der Waals surface area contributed by atoms with Gasteiger partial charge in [0.2, 0.25) is 5.91 Å². The Kier molecular flexibility index (Phi) is 8.84. The molecule has 0 bridgehead atoms. The molecule has 3 N–H and O–H groups in total. The molecule has 1 unspecified atom stereocenters. The van der Waals surface area contributed by atoms with Crippen molar-refractivity contribution in [1.82, 2.24) is 5.32 Å². The van der Waals surface area contributed by atoms with E-state index in [0.29, 0.717) is 5.69 Å². The van der Waals surface area contributed by atoms with Crippen molar-refractivity contribution in [2.45, 2.75) is 31.7 Å². The monoisotopic (exact) mass is 495 g/mol. The Morgan fingerprint density at radius 1 is 1.06 bits per heavy atom. The molecule has 0 saturated heterocycles. The SMILES string of the molecule is CCOC(=O)NC(C(=O)Nc1ccc(NC(=O)c2cccc(S(C)(=O)=O)c2)c(Cl)c1)C(C)C. The van der Waals surface area contributed by atoms with Crippen LogP contribution in [0.15, 0.2) is 47.4 Å². The summed E-state index contributed by atoms with van der Waals surface area (Å²) in [5.74, 6) is -1.20. The Hall–Kier alpha value is -3.11. The summed E-state index contributed by atoms with van der Waals surface area (Å²) in [4.78, 5) is 36.9. The second kappa shape index (κ2) is 11.2. The molecule has 2 aromatic rings. The number of nitrogens with one attached hydrogen (secondary N) is 3. The van der Waals surface area contributed by atoms with Gasteiger partial charge in [-0.05, 0) is 49.2 Å². The average molecular weight is 496 g/mol. The highest BCUT2D eigenvalue weighted by molar-refractivity contribution is 7.90. The quantitative estimate of drug-likeness (QED) is 0.511. The molecule has 11 heteroatoms. The summed E-state index contributed by atoms with van der Waals surface area (Å²) in [6.45, 7) is 5.40. The number of carbonyl (C=O) groups is 3. The smallest absolute Gasteiger partial charge is 0.407 e. The van der Waals surface area contributed by atoms with Gasteiger partial charge in [-0.3, -0.25) is 9.59 Å². The Morgan fingerprint density at radius 3 is 2.33 bits per heavy atom. The summed E-state index contributed by atoms with van der Waals surface area (Å²) >= 11 is 6.26. The van der Waals surface area contributed by atoms with Gasteiger partial charge in [-0.25, -0.2) is 13.2 Å². The summed E-state index contributed by atoms with van der Waals surface area (Å²) in [5, 5.41) is 7.96. The standard InChI is InChI=1S/C22H26ClN3O6S/c1-5-32-22(29)26-19(13(2)3)21(28)24-15-9-10-18(17(23)12-15)25-20(27)14-7-6-8-16(11-14)33(4,30)31/h6-13,19H,5H2,1-4H3,(H,24,28)(H,25,27)(H,26,29). The largest absolute Gasteiger partial charge is 0.450 e. The van der Waals surface area contributed by atoms with E-state index in [2.05, 4.69) is 16.0 Å². The minimum absolute atomic E-state index is 0.0236. The van der Waals surface area contributed by atoms with Gasteiger partial charge in [0.25, 0.3) is 5.91 Å². The summed E-state index contributed by atoms with van der Waals surface area (Å²) in [6, 6.07) is 9.28. The van der Waals surface area contributed by atoms with E-state index < -0.39 is 33.8 Å². The number of alkyl carbamates (subject to hydrolysis) is 1. The summed E-state index contributed by atoms with van der Waals surface area (Å²) in [7, 11) is -3.46. The van der Waals surface area contributed by atoms with Crippen molar-refractivity contribution in [3.8, 4) is 0 Å². The van der Waals surface area contributed by atoms with E-state index in [0.717, 1.165) is 6.26 Å². The molecule has 2 aromatic carbocycles. The predicted octanol–water partition coefficient (Wildman–Crippen LogP) is 3.71. The number of halogens is 1. The number of amides is 3. The van der Waals surface area contributed by atoms with Crippen LogP contribution in [-0.4, -0.2) is 45.2 Å². The van der Waals surface area contributed by atoms with Gasteiger partial charge in [-0.2, -0.15) is 0 Å². The molecule has 1 atom stereocenters. The third-order valence-corrected chi connectivity index (χ3v) is 5.93. The first-order valence-corrected chi connectivity index (χ1v) is 12.3. The molecular formula is C22H26ClN3O6S. The molecule has 0 saturated carbocycles. The van der Waals surface area contributed by atoms with Crippen LogP contribution in [0.1, 0.15) is 31.1 Å². The molecule has 2 rings (SSSR count). The van der Waals surface area contributed by atoms with Crippen LogP contribution in [-0.2, 0) is 19.4 Å². The van der Waals surface area contributed by atoms with Crippen molar-refractivity contribution in [2.24, 2.45) is 5.92 Å². The zero-order valence-corrected chi connectivity index (χ0v) is 20.2. The minimum Gasteiger partial charge on any atom is -0.450 e. The lowest BCUT2D eigenvalue weighted by Crippen LogP contribution is -2.47. The van der Waals surface area contributed by atoms with Crippen LogP contribution in [0.5, 0.6) is 0 Å². The molecule has 9 nitrogen and oxygen atoms in total. The van der Waals surface area contributed by atoms with Crippen LogP contribution < -0.4 is 16.0 Å². The zero-order chi connectivity index (χ0) is 24.8. The molecule has 3 amide bonds. The summed E-state index contributed by atoms with van der Waals surface area (Å²) < 4.78 is 28.3. The predicted molar refractivity (Wildman–Crippen MR) is 126 cm³/mol. The molecule has 0 spiro atoms. The lowest BCUT2D eigenvalue weighted by Gasteiger charge is -2.21. The van der Waals surface area contributed by atoms with Gasteiger partial charge in [0.1, 0.15) is 6.04 Å². The van der Waals surface area contributed by atoms with E-state index in [-0.39, 0.29) is 33.7 Å². The van der Waals surface area contributed by atoms with E-state index >= 15 is 0 Å². The fourth-order valence-corrected chi connectivity index (χ4v) is 3.71. The molecular weight excluding hydrogens is 470 g/mol. The number of carbonyl (C=O) groups excluding carboxylic acids is 3. The first-order valence-electron chi connectivity index (χ1n) is 10.1. The van der Waals surface area contributed by atoms with Gasteiger partial charge < -0.3 is 20.7 Å². The fourth-order valence-electron chi connectivity index (χ4n) is 2.81. The second-order valence-electron chi connectivity index (χ2n) is 7.52. The van der Waals surface area contributed by atoms with Gasteiger partial charge >= 0.3 is 6.09 Å². The molecule has 0 heterocycles. The normalized spacial score (nSPS) is 12.1. The molecule has 0 aliphatic heterocycles. The lowest BCUT2D eigenvalue weighted by atomic mass is 10.0. The Bertz CT molecular complexity index is 1150. The first kappa shape index (κ1) is 26.1. The third kappa shape index (κ3) is 7.47. The van der Waals surface area contributed by atoms with Crippen LogP contribution in [0.4, 0.5) is 16.2 Å². The Labute approximate surface area is 197 Å². The lowest BCUT2D eigenvalue weighted by molar-refractivity contribution is -0.119. The molecule has 0 aromatic heterocycles. The van der Waals surface area contributed by atoms with Crippen LogP contribution in [0.2, 0.25) is 5.02 Å². The van der Waals surface area contributed by atoms with Gasteiger partial charge in [-0.15, -0.1) is 0 Å². The highest BCUT2D eigenvalue weighted by Gasteiger charge is 2.25. The summed E-state index contributed by atoms with van der Waals surface area (Å²) in [6.07, 6.45) is 0.363. The van der Waals surface area contributed by atoms with Crippen LogP contribution in [0.25, 0.3) is 0 Å². The number of sulfone groups is 1. The van der Waals surface area contributed by atoms with Crippen LogP contribution >= 0.6 is 11.6 Å². The van der Waals surface area contributed by atoms with Crippen molar-refractivity contribution in [2.75, 3.05) is 23.5 Å². The van der Waals surface area contributed by atoms with Gasteiger partial charge in [0, 0.05) is 17.5 Å². The molecule has 0 radical (unpaired) electrons. The van der Waals surface area contributed by atoms with Gasteiger partial charge in [-0.1, -0.05) is 31.5 Å². The minimum atomic E-state index is -3.46. The maximum Gasteiger partial charge on any atom is 0.407 e. The van der Waals surface area contributed by atoms with Crippen molar-refractivity contribution in [1.29, 1.82) is 0 Å². The van der Waals surface area contributed by atoms with Crippen LogP contribution in [0, 0.1) is 5.92 Å². The Balaban J connectivity index is 2.12. The maximum absolute atomic E-state index is 12.6. The molecule has 178 valence electrons. The van der Waals surface area contributed by atoms with Gasteiger partial charge in [0.15, 0.2) is 9.84 Å². The van der Waals surface area contributed by atoms with E-state index in [1.807, 2.05) is 0 Å². The van der Waals surface area contributed by atoms with Crippen molar-refractivity contribution >= 4 is 50.7 Å². The topological polar surface area (TPSA) is 131 Å². The highest BCUT2D eigenvalue weighted by atomic mass is 35.5. The second-order valence-corrected chi connectivity index (χ2v) is 9.95. The first-order chi connectivity index (χ1) is 15.4. The molecule has 0 aliphatic carbocycles. The van der Waals surface area contributed by atoms with Gasteiger partial charge in [0.05, 0.1) is 22.2 Å². The number of anilines is 2. The number of hydrogen-bond acceptors (Lipinski definition) is 6. The third-order valence-electron chi connectivity index (χ3n) is 4.51. The van der Waals surface area contributed by atoms with E-state index in [1.54, 1.807) is 20.8 Å². The molecule has 0 fully saturated rings. The maximum atomic E-state index is 12.6. The summed E-state index contributed by atoms with van der Waals surface area (Å²) in [5.41, 5.74) is 0.782. The van der Waals surface area contributed by atoms with E-state index in [4.69, 9.17) is 16.3 Å². The van der Waals surface area contributed by atoms with E-state index in [9.17, 15) is 22.8 Å². The number of hydrogen-bond donors (Lipinski definition) is 3. The van der Waals surface area contributed by atoms with Crippen LogP contribution in [0.3, 0.4) is 0 Å². The fraction of sp³-hybridized carbons (Fsp3) is 0.318. The molecule has 33 heavy (non-hydrogen) atoms. The highest BCUT2D eigenvalue weighted by Crippen LogP contribution is 2.26. The molecule has 0 aliphatic rings.